The molecule has 0 saturated carbocycles. The number of ether oxygens (including phenoxy) is 3. The largest absolute Gasteiger partial charge is 0.496 e. The highest BCUT2D eigenvalue weighted by Gasteiger charge is 2.54. The topological polar surface area (TPSA) is 44.8 Å². The first-order chi connectivity index (χ1) is 14.7. The Bertz CT molecular complexity index is 1030. The van der Waals surface area contributed by atoms with Gasteiger partial charge in [-0.15, -0.1) is 6.58 Å². The van der Waals surface area contributed by atoms with Crippen molar-refractivity contribution in [3.8, 4) is 11.5 Å². The molecule has 0 radical (unpaired) electrons. The molecule has 4 nitrogen and oxygen atoms in total. The second-order valence-electron chi connectivity index (χ2n) is 7.27. The van der Waals surface area contributed by atoms with E-state index in [9.17, 15) is 4.79 Å². The van der Waals surface area contributed by atoms with Crippen LogP contribution in [0, 0.1) is 0 Å². The SMILES string of the molecule is C=CC(OCc1ccccc1)C1(Cc2ccccc2)Oc2cccc(OC)c2C1=O. The Morgan fingerprint density at radius 1 is 0.967 bits per heavy atom. The molecule has 1 heterocycles. The lowest BCUT2D eigenvalue weighted by atomic mass is 9.83. The van der Waals surface area contributed by atoms with E-state index in [-0.39, 0.29) is 5.78 Å². The second kappa shape index (κ2) is 8.56. The van der Waals surface area contributed by atoms with Gasteiger partial charge in [-0.1, -0.05) is 72.8 Å². The van der Waals surface area contributed by atoms with Crippen LogP contribution in [0.15, 0.2) is 91.5 Å². The third-order valence-electron chi connectivity index (χ3n) is 5.37. The van der Waals surface area contributed by atoms with E-state index in [1.165, 1.54) is 0 Å². The Morgan fingerprint density at radius 2 is 1.63 bits per heavy atom. The maximum absolute atomic E-state index is 13.8. The summed E-state index contributed by atoms with van der Waals surface area (Å²) in [5.41, 5.74) is 1.19. The number of hydrogen-bond donors (Lipinski definition) is 0. The summed E-state index contributed by atoms with van der Waals surface area (Å²) in [5, 5.41) is 0. The van der Waals surface area contributed by atoms with Crippen molar-refractivity contribution in [3.63, 3.8) is 0 Å². The Balaban J connectivity index is 1.72. The van der Waals surface area contributed by atoms with Crippen molar-refractivity contribution in [2.24, 2.45) is 0 Å². The molecule has 0 spiro atoms. The average molecular weight is 400 g/mol. The molecule has 3 aromatic rings. The Labute approximate surface area is 176 Å². The standard InChI is InChI=1S/C26H24O4/c1-3-23(29-18-20-13-8-5-9-14-20)26(17-19-11-6-4-7-12-19)25(27)24-21(28-2)15-10-16-22(24)30-26/h3-16,23H,1,17-18H2,2H3. The fourth-order valence-corrected chi connectivity index (χ4v) is 3.90. The zero-order chi connectivity index (χ0) is 21.0. The predicted octanol–water partition coefficient (Wildman–Crippen LogP) is 5.02. The van der Waals surface area contributed by atoms with Gasteiger partial charge in [0, 0.05) is 6.42 Å². The van der Waals surface area contributed by atoms with Gasteiger partial charge in [0.25, 0.3) is 0 Å². The monoisotopic (exact) mass is 400 g/mol. The lowest BCUT2D eigenvalue weighted by molar-refractivity contribution is -0.0485. The Hall–Kier alpha value is -3.37. The van der Waals surface area contributed by atoms with Crippen LogP contribution in [0.1, 0.15) is 21.5 Å². The van der Waals surface area contributed by atoms with Crippen LogP contribution in [-0.2, 0) is 17.8 Å². The molecule has 1 aliphatic rings. The van der Waals surface area contributed by atoms with E-state index in [4.69, 9.17) is 14.2 Å². The fraction of sp³-hybridized carbons (Fsp3) is 0.192. The van der Waals surface area contributed by atoms with Crippen LogP contribution < -0.4 is 9.47 Å². The highest BCUT2D eigenvalue weighted by molar-refractivity contribution is 6.10. The van der Waals surface area contributed by atoms with Crippen LogP contribution in [-0.4, -0.2) is 24.6 Å². The van der Waals surface area contributed by atoms with E-state index in [0.717, 1.165) is 11.1 Å². The Morgan fingerprint density at radius 3 is 2.27 bits per heavy atom. The smallest absolute Gasteiger partial charge is 0.217 e. The fourth-order valence-electron chi connectivity index (χ4n) is 3.90. The molecule has 0 aromatic heterocycles. The van der Waals surface area contributed by atoms with Gasteiger partial charge >= 0.3 is 0 Å². The molecule has 0 bridgehead atoms. The number of methoxy groups -OCH3 is 1. The molecule has 2 atom stereocenters. The second-order valence-corrected chi connectivity index (χ2v) is 7.27. The lowest BCUT2D eigenvalue weighted by Gasteiger charge is -2.33. The molecule has 3 aromatic carbocycles. The maximum atomic E-state index is 13.8. The van der Waals surface area contributed by atoms with Gasteiger partial charge in [0.1, 0.15) is 23.2 Å². The summed E-state index contributed by atoms with van der Waals surface area (Å²) in [5.74, 6) is 0.848. The molecule has 152 valence electrons. The molecule has 2 unspecified atom stereocenters. The minimum absolute atomic E-state index is 0.156. The maximum Gasteiger partial charge on any atom is 0.217 e. The quantitative estimate of drug-likeness (QED) is 0.498. The molecule has 0 aliphatic carbocycles. The first-order valence-corrected chi connectivity index (χ1v) is 9.91. The number of Topliss-reactive ketones (excluding diaryl/α,β-unsaturated/α-hetero) is 1. The first kappa shape index (κ1) is 19.9. The van der Waals surface area contributed by atoms with Crippen LogP contribution in [0.3, 0.4) is 0 Å². The van der Waals surface area contributed by atoms with Crippen molar-refractivity contribution in [1.82, 2.24) is 0 Å². The molecular formula is C26H24O4. The molecule has 1 aliphatic heterocycles. The van der Waals surface area contributed by atoms with Crippen molar-refractivity contribution >= 4 is 5.78 Å². The van der Waals surface area contributed by atoms with Crippen LogP contribution >= 0.6 is 0 Å². The highest BCUT2D eigenvalue weighted by Crippen LogP contribution is 2.44. The van der Waals surface area contributed by atoms with E-state index in [0.29, 0.717) is 30.1 Å². The van der Waals surface area contributed by atoms with Crippen LogP contribution in [0.5, 0.6) is 11.5 Å². The van der Waals surface area contributed by atoms with Gasteiger partial charge in [-0.2, -0.15) is 0 Å². The van der Waals surface area contributed by atoms with Gasteiger partial charge in [0.05, 0.1) is 13.7 Å². The van der Waals surface area contributed by atoms with Gasteiger partial charge in [0.2, 0.25) is 11.4 Å². The van der Waals surface area contributed by atoms with Gasteiger partial charge in [0.15, 0.2) is 0 Å². The van der Waals surface area contributed by atoms with E-state index >= 15 is 0 Å². The van der Waals surface area contributed by atoms with Gasteiger partial charge in [-0.25, -0.2) is 0 Å². The normalized spacial score (nSPS) is 18.4. The van der Waals surface area contributed by atoms with Crippen LogP contribution in [0.4, 0.5) is 0 Å². The number of benzene rings is 3. The number of hydrogen-bond acceptors (Lipinski definition) is 4. The zero-order valence-corrected chi connectivity index (χ0v) is 16.9. The van der Waals surface area contributed by atoms with Crippen molar-refractivity contribution in [2.45, 2.75) is 24.7 Å². The summed E-state index contributed by atoms with van der Waals surface area (Å²) in [6.07, 6.45) is 1.36. The molecule has 0 N–H and O–H groups in total. The molecule has 4 rings (SSSR count). The Kier molecular flexibility index (Phi) is 5.68. The first-order valence-electron chi connectivity index (χ1n) is 9.91. The molecule has 0 amide bonds. The number of carbonyl (C=O) groups is 1. The van der Waals surface area contributed by atoms with E-state index in [1.807, 2.05) is 66.7 Å². The lowest BCUT2D eigenvalue weighted by Crippen LogP contribution is -2.53. The van der Waals surface area contributed by atoms with Crippen molar-refractivity contribution in [1.29, 1.82) is 0 Å². The number of fused-ring (bicyclic) bond motifs is 1. The van der Waals surface area contributed by atoms with E-state index < -0.39 is 11.7 Å². The average Bonchev–Trinajstić information content (AvgIpc) is 3.08. The highest BCUT2D eigenvalue weighted by atomic mass is 16.6. The van der Waals surface area contributed by atoms with Crippen molar-refractivity contribution < 1.29 is 19.0 Å². The number of rotatable bonds is 8. The van der Waals surface area contributed by atoms with E-state index in [1.54, 1.807) is 25.3 Å². The number of ketones is 1. The number of carbonyl (C=O) groups excluding carboxylic acids is 1. The third-order valence-corrected chi connectivity index (χ3v) is 5.37. The van der Waals surface area contributed by atoms with Crippen LogP contribution in [0.25, 0.3) is 0 Å². The van der Waals surface area contributed by atoms with Crippen molar-refractivity contribution in [3.05, 3.63) is 108 Å². The van der Waals surface area contributed by atoms with Gasteiger partial charge in [-0.05, 0) is 23.3 Å². The van der Waals surface area contributed by atoms with Crippen molar-refractivity contribution in [2.75, 3.05) is 7.11 Å². The summed E-state index contributed by atoms with van der Waals surface area (Å²) in [6.45, 7) is 4.30. The zero-order valence-electron chi connectivity index (χ0n) is 16.9. The minimum atomic E-state index is -1.26. The molecule has 4 heteroatoms. The predicted molar refractivity (Wildman–Crippen MR) is 116 cm³/mol. The van der Waals surface area contributed by atoms with Crippen LogP contribution in [0.2, 0.25) is 0 Å². The third kappa shape index (κ3) is 3.62. The van der Waals surface area contributed by atoms with E-state index in [2.05, 4.69) is 6.58 Å². The molecular weight excluding hydrogens is 376 g/mol. The summed E-state index contributed by atoms with van der Waals surface area (Å²) < 4.78 is 18.0. The molecule has 0 saturated heterocycles. The minimum Gasteiger partial charge on any atom is -0.496 e. The summed E-state index contributed by atoms with van der Waals surface area (Å²) >= 11 is 0. The summed E-state index contributed by atoms with van der Waals surface area (Å²) in [6, 6.07) is 25.0. The van der Waals surface area contributed by atoms with Gasteiger partial charge in [-0.3, -0.25) is 4.79 Å². The summed E-state index contributed by atoms with van der Waals surface area (Å²) in [7, 11) is 1.55. The summed E-state index contributed by atoms with van der Waals surface area (Å²) in [4.78, 5) is 13.8. The van der Waals surface area contributed by atoms with Gasteiger partial charge < -0.3 is 14.2 Å². The molecule has 0 fully saturated rings. The molecule has 30 heavy (non-hydrogen) atoms.